The highest BCUT2D eigenvalue weighted by molar-refractivity contribution is 7.98. The molecule has 0 aliphatic carbocycles. The summed E-state index contributed by atoms with van der Waals surface area (Å²) in [6.45, 7) is 1.68. The zero-order valence-electron chi connectivity index (χ0n) is 14.8. The van der Waals surface area contributed by atoms with Crippen LogP contribution in [0.1, 0.15) is 13.3 Å². The molecule has 140 valence electrons. The van der Waals surface area contributed by atoms with Crippen LogP contribution >= 0.6 is 11.8 Å². The number of hydrogen-bond donors (Lipinski definition) is 1. The highest BCUT2D eigenvalue weighted by atomic mass is 32.2. The third-order valence-electron chi connectivity index (χ3n) is 3.78. The van der Waals surface area contributed by atoms with Crippen molar-refractivity contribution in [3.05, 3.63) is 54.3 Å². The summed E-state index contributed by atoms with van der Waals surface area (Å²) in [7, 11) is -3.88. The molecule has 0 aromatic heterocycles. The van der Waals surface area contributed by atoms with Crippen LogP contribution in [0.5, 0.6) is 0 Å². The first-order chi connectivity index (χ1) is 12.3. The van der Waals surface area contributed by atoms with Crippen molar-refractivity contribution in [3.63, 3.8) is 0 Å². The van der Waals surface area contributed by atoms with Crippen LogP contribution in [0.2, 0.25) is 0 Å². The van der Waals surface area contributed by atoms with Crippen LogP contribution in [0.4, 0.5) is 15.8 Å². The Bertz CT molecular complexity index is 888. The van der Waals surface area contributed by atoms with E-state index in [0.29, 0.717) is 5.69 Å². The van der Waals surface area contributed by atoms with Gasteiger partial charge in [0.05, 0.1) is 17.6 Å². The Morgan fingerprint density at radius 3 is 2.38 bits per heavy atom. The summed E-state index contributed by atoms with van der Waals surface area (Å²) < 4.78 is 39.8. The maximum Gasteiger partial charge on any atom is 0.248 e. The third kappa shape index (κ3) is 4.56. The molecule has 0 saturated heterocycles. The number of anilines is 2. The van der Waals surface area contributed by atoms with E-state index in [-0.39, 0.29) is 12.1 Å². The van der Waals surface area contributed by atoms with Gasteiger partial charge in [0, 0.05) is 4.90 Å². The maximum absolute atomic E-state index is 14.2. The van der Waals surface area contributed by atoms with Crippen molar-refractivity contribution >= 4 is 39.1 Å². The standard InChI is InChI=1S/C18H21FN2O3S2/c1-4-15(18(22)20-14-10-6-8-12-17(14)25-2)21(26(3,23)24)16-11-7-5-9-13(16)19/h5-12,15H,4H2,1-3H3,(H,20,22)/t15-/m0/s1. The zero-order valence-corrected chi connectivity index (χ0v) is 16.4. The van der Waals surface area contributed by atoms with Crippen molar-refractivity contribution in [1.82, 2.24) is 0 Å². The van der Waals surface area contributed by atoms with Gasteiger partial charge in [-0.15, -0.1) is 11.8 Å². The molecule has 1 N–H and O–H groups in total. The van der Waals surface area contributed by atoms with Gasteiger partial charge in [-0.2, -0.15) is 0 Å². The van der Waals surface area contributed by atoms with Crippen LogP contribution in [0.3, 0.4) is 0 Å². The number of carbonyl (C=O) groups is 1. The molecule has 0 fully saturated rings. The number of nitrogens with zero attached hydrogens (tertiary/aromatic N) is 1. The number of benzene rings is 2. The third-order valence-corrected chi connectivity index (χ3v) is 5.75. The minimum atomic E-state index is -3.88. The Labute approximate surface area is 157 Å². The highest BCUT2D eigenvalue weighted by Crippen LogP contribution is 2.28. The van der Waals surface area contributed by atoms with Crippen LogP contribution in [0.25, 0.3) is 0 Å². The highest BCUT2D eigenvalue weighted by Gasteiger charge is 2.33. The van der Waals surface area contributed by atoms with Gasteiger partial charge in [0.15, 0.2) is 0 Å². The molecule has 0 aliphatic heterocycles. The summed E-state index contributed by atoms with van der Waals surface area (Å²) in [5.74, 6) is -1.21. The average Bonchev–Trinajstić information content (AvgIpc) is 2.59. The molecule has 26 heavy (non-hydrogen) atoms. The Kier molecular flexibility index (Phi) is 6.66. The predicted molar refractivity (Wildman–Crippen MR) is 105 cm³/mol. The molecule has 2 aromatic carbocycles. The van der Waals surface area contributed by atoms with E-state index in [1.165, 1.54) is 36.0 Å². The summed E-state index contributed by atoms with van der Waals surface area (Å²) in [5.41, 5.74) is 0.445. The molecule has 0 radical (unpaired) electrons. The second-order valence-corrected chi connectivity index (χ2v) is 8.33. The molecule has 0 unspecified atom stereocenters. The van der Waals surface area contributed by atoms with Crippen LogP contribution < -0.4 is 9.62 Å². The Morgan fingerprint density at radius 2 is 1.81 bits per heavy atom. The van der Waals surface area contributed by atoms with Gasteiger partial charge in [-0.1, -0.05) is 31.2 Å². The lowest BCUT2D eigenvalue weighted by Crippen LogP contribution is -2.47. The molecule has 1 amide bonds. The van der Waals surface area contributed by atoms with Gasteiger partial charge in [0.2, 0.25) is 15.9 Å². The minimum Gasteiger partial charge on any atom is -0.323 e. The smallest absolute Gasteiger partial charge is 0.248 e. The van der Waals surface area contributed by atoms with Gasteiger partial charge in [-0.05, 0) is 36.9 Å². The first kappa shape index (κ1) is 20.3. The second kappa shape index (κ2) is 8.55. The lowest BCUT2D eigenvalue weighted by Gasteiger charge is -2.30. The van der Waals surface area contributed by atoms with Gasteiger partial charge in [-0.3, -0.25) is 9.10 Å². The predicted octanol–water partition coefficient (Wildman–Crippen LogP) is 3.73. The van der Waals surface area contributed by atoms with Crippen molar-refractivity contribution in [2.75, 3.05) is 22.1 Å². The van der Waals surface area contributed by atoms with E-state index in [1.54, 1.807) is 19.1 Å². The van der Waals surface area contributed by atoms with Crippen molar-refractivity contribution in [3.8, 4) is 0 Å². The molecule has 0 heterocycles. The van der Waals surface area contributed by atoms with E-state index >= 15 is 0 Å². The number of hydrogen-bond acceptors (Lipinski definition) is 4. The normalized spacial score (nSPS) is 12.5. The quantitative estimate of drug-likeness (QED) is 0.724. The topological polar surface area (TPSA) is 66.5 Å². The number of para-hydroxylation sites is 2. The molecule has 0 spiro atoms. The second-order valence-electron chi connectivity index (χ2n) is 5.62. The van der Waals surface area contributed by atoms with Gasteiger partial charge in [-0.25, -0.2) is 12.8 Å². The molecule has 5 nitrogen and oxygen atoms in total. The van der Waals surface area contributed by atoms with Crippen LogP contribution in [-0.2, 0) is 14.8 Å². The van der Waals surface area contributed by atoms with Crippen molar-refractivity contribution < 1.29 is 17.6 Å². The number of nitrogens with one attached hydrogen (secondary N) is 1. The van der Waals surface area contributed by atoms with Gasteiger partial charge in [0.25, 0.3) is 0 Å². The minimum absolute atomic E-state index is 0.143. The molecule has 1 atom stereocenters. The fourth-order valence-corrected chi connectivity index (χ4v) is 4.40. The van der Waals surface area contributed by atoms with Gasteiger partial charge >= 0.3 is 0 Å². The molecule has 2 aromatic rings. The number of halogens is 1. The monoisotopic (exact) mass is 396 g/mol. The first-order valence-corrected chi connectivity index (χ1v) is 11.0. The van der Waals surface area contributed by atoms with E-state index < -0.39 is 27.8 Å². The molecular formula is C18H21FN2O3S2. The number of thioether (sulfide) groups is 1. The SMILES string of the molecule is CC[C@@H](C(=O)Nc1ccccc1SC)N(c1ccccc1F)S(C)(=O)=O. The number of amides is 1. The summed E-state index contributed by atoms with van der Waals surface area (Å²) in [6.07, 6.45) is 3.03. The van der Waals surface area contributed by atoms with Crippen molar-refractivity contribution in [2.45, 2.75) is 24.3 Å². The number of rotatable bonds is 7. The number of carbonyl (C=O) groups excluding carboxylic acids is 1. The Morgan fingerprint density at radius 1 is 1.19 bits per heavy atom. The lowest BCUT2D eigenvalue weighted by molar-refractivity contribution is -0.117. The summed E-state index contributed by atoms with van der Waals surface area (Å²) in [4.78, 5) is 13.7. The van der Waals surface area contributed by atoms with Crippen molar-refractivity contribution in [1.29, 1.82) is 0 Å². The first-order valence-electron chi connectivity index (χ1n) is 7.97. The average molecular weight is 397 g/mol. The summed E-state index contributed by atoms with van der Waals surface area (Å²) in [6, 6.07) is 11.7. The fraction of sp³-hybridized carbons (Fsp3) is 0.278. The molecule has 8 heteroatoms. The number of sulfonamides is 1. The molecule has 0 saturated carbocycles. The summed E-state index contributed by atoms with van der Waals surface area (Å²) in [5, 5.41) is 2.77. The Balaban J connectivity index is 2.42. The maximum atomic E-state index is 14.2. The van der Waals surface area contributed by atoms with E-state index in [2.05, 4.69) is 5.32 Å². The summed E-state index contributed by atoms with van der Waals surface area (Å²) >= 11 is 1.46. The lowest BCUT2D eigenvalue weighted by atomic mass is 10.1. The van der Waals surface area contributed by atoms with Gasteiger partial charge < -0.3 is 5.32 Å². The fourth-order valence-electron chi connectivity index (χ4n) is 2.63. The molecule has 2 rings (SSSR count). The van der Waals surface area contributed by atoms with E-state index in [1.807, 2.05) is 18.4 Å². The zero-order chi connectivity index (χ0) is 19.3. The van der Waals surface area contributed by atoms with Crippen LogP contribution in [0, 0.1) is 5.82 Å². The van der Waals surface area contributed by atoms with E-state index in [9.17, 15) is 17.6 Å². The van der Waals surface area contributed by atoms with Crippen LogP contribution in [0.15, 0.2) is 53.4 Å². The van der Waals surface area contributed by atoms with Crippen molar-refractivity contribution in [2.24, 2.45) is 0 Å². The van der Waals surface area contributed by atoms with Gasteiger partial charge in [0.1, 0.15) is 11.9 Å². The Hall–Kier alpha value is -2.06. The molecular weight excluding hydrogens is 375 g/mol. The largest absolute Gasteiger partial charge is 0.323 e. The molecule has 0 bridgehead atoms. The van der Waals surface area contributed by atoms with Crippen LogP contribution in [-0.4, -0.2) is 32.9 Å². The van der Waals surface area contributed by atoms with E-state index in [0.717, 1.165) is 15.5 Å². The van der Waals surface area contributed by atoms with E-state index in [4.69, 9.17) is 0 Å². The molecule has 0 aliphatic rings.